The second kappa shape index (κ2) is 12.0. The van der Waals surface area contributed by atoms with Gasteiger partial charge in [0.2, 0.25) is 0 Å². The molecule has 0 unspecified atom stereocenters. The first kappa shape index (κ1) is 29.2. The number of halogens is 1. The van der Waals surface area contributed by atoms with Crippen LogP contribution in [0, 0.1) is 5.82 Å². The Kier molecular flexibility index (Phi) is 7.97. The monoisotopic (exact) mass is 591 g/mol. The molecule has 2 aromatic heterocycles. The first-order chi connectivity index (χ1) is 21.2. The van der Waals surface area contributed by atoms with E-state index in [1.807, 2.05) is 36.4 Å². The van der Waals surface area contributed by atoms with Crippen LogP contribution in [0.3, 0.4) is 0 Å². The number of ether oxygens (including phenoxy) is 1. The zero-order valence-electron chi connectivity index (χ0n) is 25.0. The lowest BCUT2D eigenvalue weighted by atomic mass is 9.87. The van der Waals surface area contributed by atoms with Crippen LogP contribution < -0.4 is 5.32 Å². The molecule has 2 N–H and O–H groups in total. The van der Waals surface area contributed by atoms with E-state index in [1.165, 1.54) is 6.07 Å². The number of carbonyl (C=O) groups excluding carboxylic acids is 2. The first-order valence-corrected chi connectivity index (χ1v) is 14.7. The molecule has 0 saturated carbocycles. The van der Waals surface area contributed by atoms with Crippen molar-refractivity contribution in [1.82, 2.24) is 25.2 Å². The third-order valence-electron chi connectivity index (χ3n) is 7.91. The highest BCUT2D eigenvalue weighted by atomic mass is 19.1. The molecule has 44 heavy (non-hydrogen) atoms. The summed E-state index contributed by atoms with van der Waals surface area (Å²) in [5.74, 6) is -0.0989. The van der Waals surface area contributed by atoms with Gasteiger partial charge in [-0.3, -0.25) is 9.59 Å². The summed E-state index contributed by atoms with van der Waals surface area (Å²) in [6, 6.07) is 21.6. The Balaban J connectivity index is 1.17. The normalized spacial score (nSPS) is 13.7. The maximum Gasteiger partial charge on any atom is 0.254 e. The predicted molar refractivity (Wildman–Crippen MR) is 168 cm³/mol. The summed E-state index contributed by atoms with van der Waals surface area (Å²) in [7, 11) is 0. The largest absolute Gasteiger partial charge is 0.378 e. The van der Waals surface area contributed by atoms with Crippen molar-refractivity contribution < 1.29 is 18.7 Å². The number of nitrogens with zero attached hydrogens (tertiary/aromatic N) is 3. The number of aromatic nitrogens is 3. The minimum Gasteiger partial charge on any atom is -0.378 e. The molecule has 5 aromatic rings. The molecular formula is C35H34FN5O3. The van der Waals surface area contributed by atoms with Crippen molar-refractivity contribution in [2.75, 3.05) is 26.3 Å². The number of imidazole rings is 1. The number of amides is 2. The molecule has 3 aromatic carbocycles. The fourth-order valence-corrected chi connectivity index (χ4v) is 5.27. The Hall–Kier alpha value is -4.89. The van der Waals surface area contributed by atoms with Gasteiger partial charge >= 0.3 is 0 Å². The van der Waals surface area contributed by atoms with Gasteiger partial charge in [0.15, 0.2) is 5.65 Å². The van der Waals surface area contributed by atoms with Gasteiger partial charge in [0.1, 0.15) is 11.6 Å². The fourth-order valence-electron chi connectivity index (χ4n) is 5.27. The molecule has 1 saturated heterocycles. The van der Waals surface area contributed by atoms with Crippen LogP contribution in [-0.4, -0.2) is 58.0 Å². The van der Waals surface area contributed by atoms with Crippen molar-refractivity contribution in [2.45, 2.75) is 32.7 Å². The molecule has 9 heteroatoms. The number of hydrogen-bond acceptors (Lipinski definition) is 5. The Labute approximate surface area is 255 Å². The van der Waals surface area contributed by atoms with Crippen LogP contribution >= 0.6 is 0 Å². The average molecular weight is 592 g/mol. The topological polar surface area (TPSA) is 100 Å². The van der Waals surface area contributed by atoms with E-state index in [9.17, 15) is 9.59 Å². The van der Waals surface area contributed by atoms with E-state index >= 15 is 4.39 Å². The van der Waals surface area contributed by atoms with Gasteiger partial charge in [-0.1, -0.05) is 57.2 Å². The van der Waals surface area contributed by atoms with Crippen LogP contribution in [0.5, 0.6) is 0 Å². The first-order valence-electron chi connectivity index (χ1n) is 14.7. The van der Waals surface area contributed by atoms with Crippen LogP contribution in [0.15, 0.2) is 79.0 Å². The number of carbonyl (C=O) groups is 2. The van der Waals surface area contributed by atoms with Crippen molar-refractivity contribution >= 4 is 23.0 Å². The lowest BCUT2D eigenvalue weighted by Crippen LogP contribution is -2.40. The van der Waals surface area contributed by atoms with Crippen LogP contribution in [0.4, 0.5) is 4.39 Å². The maximum atomic E-state index is 15.2. The summed E-state index contributed by atoms with van der Waals surface area (Å²) in [4.78, 5) is 39.7. The van der Waals surface area contributed by atoms with Gasteiger partial charge in [-0.25, -0.2) is 14.4 Å². The quantitative estimate of drug-likeness (QED) is 0.248. The molecule has 0 bridgehead atoms. The number of rotatable bonds is 6. The standard InChI is InChI=1S/C35H34FN5O3/c1-35(2,3)27-12-10-23(11-13-27)33(42)38-21-26-9-8-25(20-29(26)36)28-14-15-37-32-30(28)39-31(40-32)22-4-6-24(7-5-22)34(43)41-16-18-44-19-17-41/h4-15,20H,16-19,21H2,1-3H3,(H,38,42)(H,37,39,40). The Morgan fingerprint density at radius 1 is 0.932 bits per heavy atom. The summed E-state index contributed by atoms with van der Waals surface area (Å²) < 4.78 is 20.6. The van der Waals surface area contributed by atoms with Crippen molar-refractivity contribution in [3.8, 4) is 22.5 Å². The Bertz CT molecular complexity index is 1820. The maximum absolute atomic E-state index is 15.2. The molecule has 1 aliphatic rings. The number of benzene rings is 3. The van der Waals surface area contributed by atoms with Gasteiger partial charge in [-0.15, -0.1) is 0 Å². The summed E-state index contributed by atoms with van der Waals surface area (Å²) in [6.45, 7) is 8.69. The molecule has 0 aliphatic carbocycles. The van der Waals surface area contributed by atoms with Crippen molar-refractivity contribution in [1.29, 1.82) is 0 Å². The lowest BCUT2D eigenvalue weighted by molar-refractivity contribution is 0.0303. The van der Waals surface area contributed by atoms with E-state index in [0.29, 0.717) is 65.5 Å². The van der Waals surface area contributed by atoms with Gasteiger partial charge in [0.05, 0.1) is 18.7 Å². The summed E-state index contributed by atoms with van der Waals surface area (Å²) in [5.41, 5.74) is 6.04. The van der Waals surface area contributed by atoms with Gasteiger partial charge in [-0.2, -0.15) is 0 Å². The second-order valence-electron chi connectivity index (χ2n) is 11.9. The van der Waals surface area contributed by atoms with Crippen LogP contribution in [0.1, 0.15) is 52.6 Å². The van der Waals surface area contributed by atoms with E-state index in [4.69, 9.17) is 4.74 Å². The highest BCUT2D eigenvalue weighted by Crippen LogP contribution is 2.30. The van der Waals surface area contributed by atoms with E-state index < -0.39 is 5.82 Å². The van der Waals surface area contributed by atoms with Crippen molar-refractivity contribution in [2.24, 2.45) is 0 Å². The molecule has 1 fully saturated rings. The minimum atomic E-state index is -0.420. The third-order valence-corrected chi connectivity index (χ3v) is 7.91. The number of fused-ring (bicyclic) bond motifs is 1. The van der Waals surface area contributed by atoms with E-state index in [2.05, 4.69) is 41.0 Å². The molecule has 3 heterocycles. The van der Waals surface area contributed by atoms with E-state index in [1.54, 1.807) is 41.4 Å². The number of nitrogens with one attached hydrogen (secondary N) is 2. The molecule has 0 radical (unpaired) electrons. The highest BCUT2D eigenvalue weighted by molar-refractivity contribution is 5.95. The predicted octanol–water partition coefficient (Wildman–Crippen LogP) is 6.13. The van der Waals surface area contributed by atoms with Gasteiger partial charge in [-0.05, 0) is 52.9 Å². The van der Waals surface area contributed by atoms with Gasteiger partial charge in [0.25, 0.3) is 11.8 Å². The Morgan fingerprint density at radius 3 is 2.30 bits per heavy atom. The SMILES string of the molecule is CC(C)(C)c1ccc(C(=O)NCc2ccc(-c3ccnc4nc(-c5ccc(C(=O)N6CCOCC6)cc5)[nH]c34)cc2F)cc1. The number of aromatic amines is 1. The van der Waals surface area contributed by atoms with Crippen LogP contribution in [0.2, 0.25) is 0 Å². The second-order valence-corrected chi connectivity index (χ2v) is 11.9. The van der Waals surface area contributed by atoms with Crippen LogP contribution in [0.25, 0.3) is 33.7 Å². The molecular weight excluding hydrogens is 557 g/mol. The van der Waals surface area contributed by atoms with Crippen molar-refractivity contribution in [3.63, 3.8) is 0 Å². The number of morpholine rings is 1. The van der Waals surface area contributed by atoms with Crippen LogP contribution in [-0.2, 0) is 16.7 Å². The summed E-state index contributed by atoms with van der Waals surface area (Å²) in [5, 5.41) is 2.82. The average Bonchev–Trinajstić information content (AvgIpc) is 3.49. The minimum absolute atomic E-state index is 0.00549. The van der Waals surface area contributed by atoms with E-state index in [-0.39, 0.29) is 23.8 Å². The molecule has 0 spiro atoms. The van der Waals surface area contributed by atoms with Gasteiger partial charge in [0, 0.05) is 53.6 Å². The number of pyridine rings is 1. The van der Waals surface area contributed by atoms with Crippen molar-refractivity contribution in [3.05, 3.63) is 107 Å². The molecule has 6 rings (SSSR count). The summed E-state index contributed by atoms with van der Waals surface area (Å²) >= 11 is 0. The Morgan fingerprint density at radius 2 is 1.61 bits per heavy atom. The number of H-pyrrole nitrogens is 1. The van der Waals surface area contributed by atoms with Gasteiger partial charge < -0.3 is 19.9 Å². The summed E-state index contributed by atoms with van der Waals surface area (Å²) in [6.07, 6.45) is 1.64. The highest BCUT2D eigenvalue weighted by Gasteiger charge is 2.19. The molecule has 2 amide bonds. The number of hydrogen-bond donors (Lipinski definition) is 2. The lowest BCUT2D eigenvalue weighted by Gasteiger charge is -2.26. The molecule has 1 aliphatic heterocycles. The smallest absolute Gasteiger partial charge is 0.254 e. The third kappa shape index (κ3) is 6.09. The molecule has 224 valence electrons. The van der Waals surface area contributed by atoms with E-state index in [0.717, 1.165) is 16.7 Å². The zero-order valence-corrected chi connectivity index (χ0v) is 25.0. The fraction of sp³-hybridized carbons (Fsp3) is 0.257. The zero-order chi connectivity index (χ0) is 30.8. The molecule has 8 nitrogen and oxygen atoms in total. The molecule has 0 atom stereocenters.